The second-order valence-electron chi connectivity index (χ2n) is 7.60. The first-order chi connectivity index (χ1) is 16.4. The summed E-state index contributed by atoms with van der Waals surface area (Å²) in [6.07, 6.45) is 0. The Bertz CT molecular complexity index is 1210. The Morgan fingerprint density at radius 1 is 1.21 bits per heavy atom. The van der Waals surface area contributed by atoms with E-state index in [2.05, 4.69) is 10.4 Å². The number of rotatable bonds is 7. The first-order valence-corrected chi connectivity index (χ1v) is 10.5. The first kappa shape index (κ1) is 23.1. The third-order valence-corrected chi connectivity index (χ3v) is 5.46. The van der Waals surface area contributed by atoms with Gasteiger partial charge in [-0.2, -0.15) is 0 Å². The highest BCUT2D eigenvalue weighted by Gasteiger charge is 2.26. The summed E-state index contributed by atoms with van der Waals surface area (Å²) in [6.45, 7) is 2.32. The van der Waals surface area contributed by atoms with E-state index in [1.807, 2.05) is 4.90 Å². The highest BCUT2D eigenvalue weighted by Crippen LogP contribution is 2.29. The number of aromatic nitrogens is 2. The van der Waals surface area contributed by atoms with Crippen LogP contribution in [0.3, 0.4) is 0 Å². The van der Waals surface area contributed by atoms with Gasteiger partial charge >= 0.3 is 5.97 Å². The van der Waals surface area contributed by atoms with E-state index < -0.39 is 17.7 Å². The largest absolute Gasteiger partial charge is 0.496 e. The maximum atomic E-state index is 13.5. The summed E-state index contributed by atoms with van der Waals surface area (Å²) < 4.78 is 25.3. The molecule has 0 spiro atoms. The number of carbonyl (C=O) groups is 2. The number of nitrogens with one attached hydrogen (secondary N) is 1. The van der Waals surface area contributed by atoms with E-state index in [0.717, 1.165) is 11.6 Å². The van der Waals surface area contributed by atoms with Crippen LogP contribution in [0.2, 0.25) is 0 Å². The average molecular weight is 469 g/mol. The number of benzene rings is 2. The van der Waals surface area contributed by atoms with E-state index in [0.29, 0.717) is 37.8 Å². The van der Waals surface area contributed by atoms with Gasteiger partial charge in [-0.05, 0) is 35.9 Å². The number of anilines is 2. The highest BCUT2D eigenvalue weighted by molar-refractivity contribution is 5.97. The molecule has 4 rings (SSSR count). The number of hydrogen-bond acceptors (Lipinski definition) is 7. The second-order valence-corrected chi connectivity index (χ2v) is 7.60. The molecular weight excluding hydrogens is 445 g/mol. The molecule has 178 valence electrons. The zero-order valence-corrected chi connectivity index (χ0v) is 18.5. The third kappa shape index (κ3) is 4.64. The van der Waals surface area contributed by atoms with Gasteiger partial charge in [0.2, 0.25) is 0 Å². The van der Waals surface area contributed by atoms with Gasteiger partial charge in [0.25, 0.3) is 5.91 Å². The maximum absolute atomic E-state index is 13.5. The van der Waals surface area contributed by atoms with Gasteiger partial charge in [-0.1, -0.05) is 12.1 Å². The van der Waals surface area contributed by atoms with E-state index in [1.165, 1.54) is 23.9 Å². The van der Waals surface area contributed by atoms with Crippen molar-refractivity contribution in [2.24, 2.45) is 0 Å². The Balaban J connectivity index is 1.52. The van der Waals surface area contributed by atoms with E-state index in [9.17, 15) is 19.1 Å². The zero-order valence-electron chi connectivity index (χ0n) is 18.5. The molecule has 11 heteroatoms. The van der Waals surface area contributed by atoms with Crippen molar-refractivity contribution < 1.29 is 28.6 Å². The van der Waals surface area contributed by atoms with Crippen molar-refractivity contribution in [2.75, 3.05) is 44.0 Å². The summed E-state index contributed by atoms with van der Waals surface area (Å²) in [5.74, 6) is -1.54. The molecule has 1 aliphatic heterocycles. The summed E-state index contributed by atoms with van der Waals surface area (Å²) >= 11 is 0. The SMILES string of the molecule is COc1ccc(F)cc1C(=O)NCc1ccc(-n2nc(N3CCOCC3)c(N)c2C(=O)O)cc1. The lowest BCUT2D eigenvalue weighted by atomic mass is 10.1. The van der Waals surface area contributed by atoms with Crippen molar-refractivity contribution in [3.8, 4) is 11.4 Å². The Morgan fingerprint density at radius 2 is 1.91 bits per heavy atom. The number of aromatic carboxylic acids is 1. The first-order valence-electron chi connectivity index (χ1n) is 10.5. The molecule has 0 bridgehead atoms. The molecule has 1 fully saturated rings. The number of nitrogens with two attached hydrogens (primary N) is 1. The highest BCUT2D eigenvalue weighted by atomic mass is 19.1. The maximum Gasteiger partial charge on any atom is 0.356 e. The van der Waals surface area contributed by atoms with E-state index >= 15 is 0 Å². The number of carboxylic acid groups (broad SMARTS) is 1. The predicted octanol–water partition coefficient (Wildman–Crippen LogP) is 2.07. The van der Waals surface area contributed by atoms with Crippen LogP contribution in [0.25, 0.3) is 5.69 Å². The minimum absolute atomic E-state index is 0.0906. The van der Waals surface area contributed by atoms with Gasteiger partial charge in [0.1, 0.15) is 17.3 Å². The van der Waals surface area contributed by atoms with Crippen molar-refractivity contribution in [2.45, 2.75) is 6.54 Å². The smallest absolute Gasteiger partial charge is 0.356 e. The molecule has 1 amide bonds. The lowest BCUT2D eigenvalue weighted by molar-refractivity contribution is 0.0688. The Hall–Kier alpha value is -4.12. The average Bonchev–Trinajstić information content (AvgIpc) is 3.20. The summed E-state index contributed by atoms with van der Waals surface area (Å²) in [5, 5.41) is 16.9. The van der Waals surface area contributed by atoms with Crippen LogP contribution in [0.5, 0.6) is 5.75 Å². The molecule has 2 heterocycles. The fourth-order valence-corrected chi connectivity index (χ4v) is 3.71. The van der Waals surface area contributed by atoms with Gasteiger partial charge in [-0.15, -0.1) is 5.10 Å². The van der Waals surface area contributed by atoms with Crippen LogP contribution in [-0.2, 0) is 11.3 Å². The lowest BCUT2D eigenvalue weighted by Gasteiger charge is -2.26. The molecule has 0 aliphatic carbocycles. The number of nitrogen functional groups attached to an aromatic ring is 1. The van der Waals surface area contributed by atoms with Gasteiger partial charge in [0.15, 0.2) is 11.5 Å². The van der Waals surface area contributed by atoms with Crippen LogP contribution in [0, 0.1) is 5.82 Å². The van der Waals surface area contributed by atoms with Gasteiger partial charge in [0, 0.05) is 19.6 Å². The Labute approximate surface area is 194 Å². The molecule has 0 unspecified atom stereocenters. The number of carboxylic acids is 1. The van der Waals surface area contributed by atoms with Crippen molar-refractivity contribution in [3.63, 3.8) is 0 Å². The Kier molecular flexibility index (Phi) is 6.64. The second kappa shape index (κ2) is 9.79. The number of morpholine rings is 1. The summed E-state index contributed by atoms with van der Waals surface area (Å²) in [7, 11) is 1.40. The zero-order chi connectivity index (χ0) is 24.2. The molecule has 0 radical (unpaired) electrons. The van der Waals surface area contributed by atoms with Crippen molar-refractivity contribution in [1.82, 2.24) is 15.1 Å². The van der Waals surface area contributed by atoms with Crippen molar-refractivity contribution in [3.05, 3.63) is 65.1 Å². The number of carbonyl (C=O) groups excluding carboxylic acids is 1. The molecule has 4 N–H and O–H groups in total. The number of amides is 1. The molecule has 10 nitrogen and oxygen atoms in total. The molecule has 0 saturated carbocycles. The molecule has 3 aromatic rings. The van der Waals surface area contributed by atoms with Crippen LogP contribution < -0.4 is 20.7 Å². The summed E-state index contributed by atoms with van der Waals surface area (Å²) in [6, 6.07) is 10.6. The van der Waals surface area contributed by atoms with E-state index in [4.69, 9.17) is 15.2 Å². The molecule has 1 saturated heterocycles. The fraction of sp³-hybridized carbons (Fsp3) is 0.261. The summed E-state index contributed by atoms with van der Waals surface area (Å²) in [4.78, 5) is 26.3. The molecule has 0 atom stereocenters. The van der Waals surface area contributed by atoms with Gasteiger partial charge in [-0.3, -0.25) is 4.79 Å². The minimum atomic E-state index is -1.19. The van der Waals surface area contributed by atoms with Crippen molar-refractivity contribution in [1.29, 1.82) is 0 Å². The normalized spacial score (nSPS) is 13.5. The number of ether oxygens (including phenoxy) is 2. The predicted molar refractivity (Wildman–Crippen MR) is 122 cm³/mol. The van der Waals surface area contributed by atoms with Gasteiger partial charge in [0.05, 0.1) is 31.6 Å². The molecule has 1 aromatic heterocycles. The number of hydrogen-bond donors (Lipinski definition) is 3. The van der Waals surface area contributed by atoms with Crippen LogP contribution >= 0.6 is 0 Å². The van der Waals surface area contributed by atoms with Crippen LogP contribution in [-0.4, -0.2) is 60.2 Å². The van der Waals surface area contributed by atoms with E-state index in [1.54, 1.807) is 24.3 Å². The topological polar surface area (TPSA) is 132 Å². The monoisotopic (exact) mass is 469 g/mol. The van der Waals surface area contributed by atoms with Gasteiger partial charge < -0.3 is 30.5 Å². The number of nitrogens with zero attached hydrogens (tertiary/aromatic N) is 3. The fourth-order valence-electron chi connectivity index (χ4n) is 3.71. The third-order valence-electron chi connectivity index (χ3n) is 5.46. The minimum Gasteiger partial charge on any atom is -0.496 e. The van der Waals surface area contributed by atoms with Crippen LogP contribution in [0.15, 0.2) is 42.5 Å². The standard InChI is InChI=1S/C23H24FN5O5/c1-33-18-7-4-15(24)12-17(18)22(30)26-13-14-2-5-16(6-3-14)29-20(23(31)32)19(25)21(27-29)28-8-10-34-11-9-28/h2-7,12H,8-11,13,25H2,1H3,(H,26,30)(H,31,32). The lowest BCUT2D eigenvalue weighted by Crippen LogP contribution is -2.36. The van der Waals surface area contributed by atoms with Crippen LogP contribution in [0.4, 0.5) is 15.9 Å². The van der Waals surface area contributed by atoms with Gasteiger partial charge in [-0.25, -0.2) is 13.9 Å². The molecule has 34 heavy (non-hydrogen) atoms. The molecule has 2 aromatic carbocycles. The molecule has 1 aliphatic rings. The molecular formula is C23H24FN5O5. The number of methoxy groups -OCH3 is 1. The number of halogens is 1. The summed E-state index contributed by atoms with van der Waals surface area (Å²) in [5.41, 5.74) is 7.45. The van der Waals surface area contributed by atoms with E-state index in [-0.39, 0.29) is 29.2 Å². The van der Waals surface area contributed by atoms with Crippen LogP contribution in [0.1, 0.15) is 26.4 Å². The quantitative estimate of drug-likeness (QED) is 0.479. The Morgan fingerprint density at radius 3 is 2.56 bits per heavy atom. The van der Waals surface area contributed by atoms with Crippen molar-refractivity contribution >= 4 is 23.4 Å².